The molecule has 0 amide bonds. The molecule has 0 bridgehead atoms. The van der Waals surface area contributed by atoms with E-state index in [1.165, 1.54) is 0 Å². The first-order valence-corrected chi connectivity index (χ1v) is 9.18. The van der Waals surface area contributed by atoms with E-state index in [9.17, 15) is 5.11 Å². The summed E-state index contributed by atoms with van der Waals surface area (Å²) in [5.74, 6) is -0.560. The second-order valence-corrected chi connectivity index (χ2v) is 9.92. The highest BCUT2D eigenvalue weighted by Crippen LogP contribution is 2.43. The van der Waals surface area contributed by atoms with Crippen molar-refractivity contribution in [2.75, 3.05) is 0 Å². The van der Waals surface area contributed by atoms with Crippen LogP contribution in [0.15, 0.2) is 30.3 Å². The van der Waals surface area contributed by atoms with Crippen LogP contribution in [0.5, 0.6) is 0 Å². The van der Waals surface area contributed by atoms with Crippen molar-refractivity contribution >= 4 is 75.7 Å². The van der Waals surface area contributed by atoms with E-state index in [0.717, 1.165) is 5.56 Å². The molecule has 0 aliphatic heterocycles. The summed E-state index contributed by atoms with van der Waals surface area (Å²) in [4.78, 5) is 12.2. The lowest BCUT2D eigenvalue weighted by molar-refractivity contribution is 0.0721. The Bertz CT molecular complexity index is 814. The number of aliphatic hydroxyl groups is 1. The van der Waals surface area contributed by atoms with Crippen molar-refractivity contribution in [2.45, 2.75) is 19.6 Å². The summed E-state index contributed by atoms with van der Waals surface area (Å²) in [7, 11) is 0. The van der Waals surface area contributed by atoms with E-state index in [-0.39, 0.29) is 23.9 Å². The molecule has 3 rings (SSSR count). The summed E-state index contributed by atoms with van der Waals surface area (Å²) in [6.07, 6.45) is 3.87. The molecule has 2 aromatic rings. The molecule has 132 valence electrons. The summed E-state index contributed by atoms with van der Waals surface area (Å²) in [5, 5.41) is 11.3. The molecule has 10 heteroatoms. The van der Waals surface area contributed by atoms with E-state index in [1.54, 1.807) is 18.2 Å². The molecule has 4 nitrogen and oxygen atoms in total. The van der Waals surface area contributed by atoms with Crippen LogP contribution in [0.25, 0.3) is 6.08 Å². The molecular weight excluding hydrogens is 451 g/mol. The number of alkyl halides is 6. The second-order valence-electron chi connectivity index (χ2n) is 5.36. The van der Waals surface area contributed by atoms with E-state index >= 15 is 0 Å². The maximum absolute atomic E-state index is 11.3. The molecule has 0 spiro atoms. The van der Waals surface area contributed by atoms with Crippen molar-refractivity contribution in [1.29, 1.82) is 0 Å². The van der Waals surface area contributed by atoms with Crippen molar-refractivity contribution in [3.05, 3.63) is 58.9 Å². The van der Waals surface area contributed by atoms with Gasteiger partial charge in [-0.25, -0.2) is 15.0 Å². The molecule has 1 unspecified atom stereocenters. The average molecular weight is 460 g/mol. The quantitative estimate of drug-likeness (QED) is 0.597. The number of hydrogen-bond donors (Lipinski definition) is 1. The molecule has 0 saturated carbocycles. The Hall–Kier alpha value is -0.330. The van der Waals surface area contributed by atoms with E-state index in [4.69, 9.17) is 69.6 Å². The van der Waals surface area contributed by atoms with E-state index in [0.29, 0.717) is 5.56 Å². The van der Waals surface area contributed by atoms with E-state index in [1.807, 2.05) is 18.2 Å². The first-order chi connectivity index (χ1) is 11.5. The van der Waals surface area contributed by atoms with Crippen LogP contribution in [0.4, 0.5) is 0 Å². The Labute approximate surface area is 173 Å². The number of halogens is 6. The fourth-order valence-electron chi connectivity index (χ4n) is 2.51. The standard InChI is InChI=1S/C15H9Cl6N3O/c16-14(17,18)11-22-10(23-12(24-11)15(19,20)21)13(25)7-3-5-8-4-1-2-6-9(8)13/h1-6,25H,7H2. The Morgan fingerprint density at radius 2 is 1.44 bits per heavy atom. The SMILES string of the molecule is OC1(c2nc(C(Cl)(Cl)Cl)nc(C(Cl)(Cl)Cl)n2)CC=Cc2ccccc21. The van der Waals surface area contributed by atoms with Gasteiger partial charge in [0.05, 0.1) is 0 Å². The molecule has 0 radical (unpaired) electrons. The minimum atomic E-state index is -1.98. The van der Waals surface area contributed by atoms with Gasteiger partial charge >= 0.3 is 0 Å². The molecule has 0 saturated heterocycles. The Kier molecular flexibility index (Phi) is 5.19. The van der Waals surface area contributed by atoms with E-state index < -0.39 is 13.2 Å². The lowest BCUT2D eigenvalue weighted by Crippen LogP contribution is -2.34. The molecule has 1 N–H and O–H groups in total. The molecule has 1 atom stereocenters. The lowest BCUT2D eigenvalue weighted by Gasteiger charge is -2.31. The predicted octanol–water partition coefficient (Wildman–Crippen LogP) is 5.18. The van der Waals surface area contributed by atoms with Gasteiger partial charge in [0.1, 0.15) is 0 Å². The van der Waals surface area contributed by atoms with Gasteiger partial charge in [-0.05, 0) is 11.1 Å². The van der Waals surface area contributed by atoms with Crippen LogP contribution in [-0.2, 0) is 13.2 Å². The van der Waals surface area contributed by atoms with Gasteiger partial charge in [0.25, 0.3) is 0 Å². The fourth-order valence-corrected chi connectivity index (χ4v) is 3.02. The summed E-state index contributed by atoms with van der Waals surface area (Å²) in [6.45, 7) is 0. The average Bonchev–Trinajstić information content (AvgIpc) is 2.53. The fraction of sp³-hybridized carbons (Fsp3) is 0.267. The molecule has 1 aromatic heterocycles. The van der Waals surface area contributed by atoms with Crippen LogP contribution in [0, 0.1) is 0 Å². The molecule has 1 heterocycles. The molecule has 1 aliphatic rings. The van der Waals surface area contributed by atoms with Crippen molar-refractivity contribution in [3.8, 4) is 0 Å². The summed E-state index contributed by atoms with van der Waals surface area (Å²) in [5.41, 5.74) is -0.180. The van der Waals surface area contributed by atoms with Crippen LogP contribution in [-0.4, -0.2) is 20.1 Å². The number of aromatic nitrogens is 3. The van der Waals surface area contributed by atoms with E-state index in [2.05, 4.69) is 15.0 Å². The second kappa shape index (κ2) is 6.68. The highest BCUT2D eigenvalue weighted by molar-refractivity contribution is 6.67. The molecule has 1 aromatic carbocycles. The van der Waals surface area contributed by atoms with Crippen LogP contribution >= 0.6 is 69.6 Å². The van der Waals surface area contributed by atoms with Crippen LogP contribution in [0.2, 0.25) is 0 Å². The van der Waals surface area contributed by atoms with Crippen molar-refractivity contribution < 1.29 is 5.11 Å². The van der Waals surface area contributed by atoms with Crippen LogP contribution < -0.4 is 0 Å². The van der Waals surface area contributed by atoms with Gasteiger partial charge in [-0.2, -0.15) is 0 Å². The first-order valence-electron chi connectivity index (χ1n) is 6.91. The number of rotatable bonds is 1. The minimum Gasteiger partial charge on any atom is -0.377 e. The maximum Gasteiger partial charge on any atom is 0.250 e. The predicted molar refractivity (Wildman–Crippen MR) is 101 cm³/mol. The number of fused-ring (bicyclic) bond motifs is 1. The Morgan fingerprint density at radius 1 is 0.880 bits per heavy atom. The zero-order valence-corrected chi connectivity index (χ0v) is 16.8. The van der Waals surface area contributed by atoms with Gasteiger partial charge < -0.3 is 5.11 Å². The van der Waals surface area contributed by atoms with Gasteiger partial charge in [-0.15, -0.1) is 0 Å². The van der Waals surface area contributed by atoms with Crippen molar-refractivity contribution in [2.24, 2.45) is 0 Å². The summed E-state index contributed by atoms with van der Waals surface area (Å²) in [6, 6.07) is 7.24. The highest BCUT2D eigenvalue weighted by Gasteiger charge is 2.41. The normalized spacial score (nSPS) is 20.4. The van der Waals surface area contributed by atoms with Gasteiger partial charge in [-0.3, -0.25) is 0 Å². The van der Waals surface area contributed by atoms with Gasteiger partial charge in [0.15, 0.2) is 23.1 Å². The first kappa shape index (κ1) is 19.4. The smallest absolute Gasteiger partial charge is 0.250 e. The Balaban J connectivity index is 2.25. The molecular formula is C15H9Cl6N3O. The lowest BCUT2D eigenvalue weighted by atomic mass is 9.82. The maximum atomic E-state index is 11.3. The van der Waals surface area contributed by atoms with Crippen LogP contribution in [0.1, 0.15) is 35.0 Å². The van der Waals surface area contributed by atoms with Gasteiger partial charge in [0, 0.05) is 6.42 Å². The largest absolute Gasteiger partial charge is 0.377 e. The topological polar surface area (TPSA) is 58.9 Å². The number of nitrogens with zero attached hydrogens (tertiary/aromatic N) is 3. The minimum absolute atomic E-state index is 0.0676. The van der Waals surface area contributed by atoms with Crippen molar-refractivity contribution in [3.63, 3.8) is 0 Å². The molecule has 0 fully saturated rings. The monoisotopic (exact) mass is 457 g/mol. The number of benzene rings is 1. The van der Waals surface area contributed by atoms with Crippen LogP contribution in [0.3, 0.4) is 0 Å². The number of hydrogen-bond acceptors (Lipinski definition) is 4. The third kappa shape index (κ3) is 3.86. The van der Waals surface area contributed by atoms with Gasteiger partial charge in [0.2, 0.25) is 7.59 Å². The third-order valence-electron chi connectivity index (χ3n) is 3.63. The molecule has 1 aliphatic carbocycles. The third-order valence-corrected chi connectivity index (χ3v) is 4.64. The van der Waals surface area contributed by atoms with Crippen molar-refractivity contribution in [1.82, 2.24) is 15.0 Å². The zero-order chi connectivity index (χ0) is 18.5. The molecule has 25 heavy (non-hydrogen) atoms. The highest BCUT2D eigenvalue weighted by atomic mass is 35.6. The van der Waals surface area contributed by atoms with Gasteiger partial charge in [-0.1, -0.05) is 106 Å². The Morgan fingerprint density at radius 3 is 2.00 bits per heavy atom. The zero-order valence-electron chi connectivity index (χ0n) is 12.2. The summed E-state index contributed by atoms with van der Waals surface area (Å²) >= 11 is 35.3. The summed E-state index contributed by atoms with van der Waals surface area (Å²) < 4.78 is -3.97.